The molecule has 0 N–H and O–H groups in total. The molecule has 0 saturated carbocycles. The smallest absolute Gasteiger partial charge is 0.338 e. The van der Waals surface area contributed by atoms with E-state index in [1.54, 1.807) is 29.2 Å². The summed E-state index contributed by atoms with van der Waals surface area (Å²) in [4.78, 5) is 25.7. The van der Waals surface area contributed by atoms with Crippen molar-refractivity contribution in [2.75, 3.05) is 16.8 Å². The lowest BCUT2D eigenvalue weighted by molar-refractivity contribution is -0.117. The van der Waals surface area contributed by atoms with E-state index in [0.717, 1.165) is 17.6 Å². The van der Waals surface area contributed by atoms with E-state index in [0.29, 0.717) is 17.9 Å². The van der Waals surface area contributed by atoms with Crippen LogP contribution < -0.4 is 4.90 Å². The first-order valence-electron chi connectivity index (χ1n) is 7.00. The summed E-state index contributed by atoms with van der Waals surface area (Å²) in [5.74, 6) is 0.132. The van der Waals surface area contributed by atoms with Gasteiger partial charge in [0.1, 0.15) is 5.60 Å². The molecule has 1 saturated heterocycles. The average Bonchev–Trinajstić information content (AvgIpc) is 2.78. The number of ether oxygens (including phenoxy) is 1. The Kier molecular flexibility index (Phi) is 4.71. The number of hydrogen-bond acceptors (Lipinski definition) is 3. The van der Waals surface area contributed by atoms with E-state index in [1.165, 1.54) is 0 Å². The summed E-state index contributed by atoms with van der Waals surface area (Å²) < 4.78 is 5.32. The molecule has 114 valence electrons. The number of carbonyl (C=O) groups is 2. The highest BCUT2D eigenvalue weighted by Crippen LogP contribution is 2.26. The fourth-order valence-electron chi connectivity index (χ4n) is 2.25. The minimum atomic E-state index is -0.510. The topological polar surface area (TPSA) is 46.6 Å². The zero-order valence-corrected chi connectivity index (χ0v) is 14.1. The van der Waals surface area contributed by atoms with E-state index < -0.39 is 5.60 Å². The van der Waals surface area contributed by atoms with Crippen LogP contribution in [0.4, 0.5) is 5.69 Å². The van der Waals surface area contributed by atoms with Crippen LogP contribution in [0.5, 0.6) is 0 Å². The molecule has 0 radical (unpaired) electrons. The number of amides is 1. The van der Waals surface area contributed by atoms with E-state index in [4.69, 9.17) is 4.74 Å². The third-order valence-corrected chi connectivity index (χ3v) is 4.15. The largest absolute Gasteiger partial charge is 0.456 e. The molecule has 1 heterocycles. The Morgan fingerprint density at radius 3 is 2.43 bits per heavy atom. The Morgan fingerprint density at radius 2 is 1.95 bits per heavy atom. The first kappa shape index (κ1) is 16.0. The zero-order valence-electron chi connectivity index (χ0n) is 12.6. The SMILES string of the molecule is CC(C)(C)OC(=O)c1ccc(N2CC(CBr)CC2=O)cc1. The summed E-state index contributed by atoms with van der Waals surface area (Å²) in [5.41, 5.74) is 0.817. The number of alkyl halides is 1. The van der Waals surface area contributed by atoms with Crippen molar-refractivity contribution in [2.24, 2.45) is 5.92 Å². The second-order valence-corrected chi connectivity index (χ2v) is 6.93. The van der Waals surface area contributed by atoms with Crippen molar-refractivity contribution in [1.82, 2.24) is 0 Å². The molecule has 4 nitrogen and oxygen atoms in total. The van der Waals surface area contributed by atoms with E-state index in [2.05, 4.69) is 15.9 Å². The molecule has 1 aliphatic heterocycles. The molecule has 0 bridgehead atoms. The molecular formula is C16H20BrNO3. The molecule has 5 heteroatoms. The number of benzene rings is 1. The highest BCUT2D eigenvalue weighted by molar-refractivity contribution is 9.09. The Labute approximate surface area is 133 Å². The van der Waals surface area contributed by atoms with Gasteiger partial charge in [-0.3, -0.25) is 4.79 Å². The summed E-state index contributed by atoms with van der Waals surface area (Å²) in [6.45, 7) is 6.23. The van der Waals surface area contributed by atoms with Gasteiger partial charge in [0.15, 0.2) is 0 Å². The van der Waals surface area contributed by atoms with Crippen LogP contribution in [-0.2, 0) is 9.53 Å². The average molecular weight is 354 g/mol. The van der Waals surface area contributed by atoms with Crippen LogP contribution in [0.2, 0.25) is 0 Å². The quantitative estimate of drug-likeness (QED) is 0.618. The summed E-state index contributed by atoms with van der Waals surface area (Å²) >= 11 is 3.42. The molecule has 1 fully saturated rings. The van der Waals surface area contributed by atoms with Crippen LogP contribution in [0.15, 0.2) is 24.3 Å². The minimum Gasteiger partial charge on any atom is -0.456 e. The first-order valence-corrected chi connectivity index (χ1v) is 8.12. The molecule has 0 aliphatic carbocycles. The van der Waals surface area contributed by atoms with E-state index in [-0.39, 0.29) is 11.9 Å². The molecular weight excluding hydrogens is 334 g/mol. The number of halogens is 1. The van der Waals surface area contributed by atoms with Crippen LogP contribution in [0.1, 0.15) is 37.6 Å². The van der Waals surface area contributed by atoms with E-state index in [9.17, 15) is 9.59 Å². The van der Waals surface area contributed by atoms with Gasteiger partial charge in [-0.05, 0) is 51.0 Å². The van der Waals surface area contributed by atoms with Gasteiger partial charge in [0, 0.05) is 24.0 Å². The van der Waals surface area contributed by atoms with Gasteiger partial charge in [-0.15, -0.1) is 0 Å². The fourth-order valence-corrected chi connectivity index (χ4v) is 2.68. The van der Waals surface area contributed by atoms with Gasteiger partial charge in [0.05, 0.1) is 5.56 Å². The standard InChI is InChI=1S/C16H20BrNO3/c1-16(2,3)21-15(20)12-4-6-13(7-5-12)18-10-11(9-17)8-14(18)19/h4-7,11H,8-10H2,1-3H3. The predicted octanol–water partition coefficient (Wildman–Crippen LogP) is 3.39. The number of anilines is 1. The van der Waals surface area contributed by atoms with Crippen molar-refractivity contribution >= 4 is 33.5 Å². The second-order valence-electron chi connectivity index (χ2n) is 6.28. The summed E-state index contributed by atoms with van der Waals surface area (Å²) in [7, 11) is 0. The second kappa shape index (κ2) is 6.18. The van der Waals surface area contributed by atoms with Gasteiger partial charge in [0.2, 0.25) is 5.91 Å². The van der Waals surface area contributed by atoms with Crippen LogP contribution in [0.3, 0.4) is 0 Å². The molecule has 1 aliphatic rings. The molecule has 0 spiro atoms. The van der Waals surface area contributed by atoms with Crippen molar-refractivity contribution in [1.29, 1.82) is 0 Å². The Bertz CT molecular complexity index is 533. The highest BCUT2D eigenvalue weighted by atomic mass is 79.9. The van der Waals surface area contributed by atoms with Gasteiger partial charge in [0.25, 0.3) is 0 Å². The third-order valence-electron chi connectivity index (χ3n) is 3.24. The van der Waals surface area contributed by atoms with Gasteiger partial charge < -0.3 is 9.64 Å². The lowest BCUT2D eigenvalue weighted by Gasteiger charge is -2.20. The van der Waals surface area contributed by atoms with Crippen LogP contribution >= 0.6 is 15.9 Å². The highest BCUT2D eigenvalue weighted by Gasteiger charge is 2.29. The van der Waals surface area contributed by atoms with Gasteiger partial charge in [-0.1, -0.05) is 15.9 Å². The molecule has 1 aromatic carbocycles. The van der Waals surface area contributed by atoms with Crippen molar-refractivity contribution in [3.05, 3.63) is 29.8 Å². The van der Waals surface area contributed by atoms with E-state index in [1.807, 2.05) is 20.8 Å². The number of rotatable bonds is 3. The third kappa shape index (κ3) is 4.06. The zero-order chi connectivity index (χ0) is 15.6. The van der Waals surface area contributed by atoms with Crippen molar-refractivity contribution in [3.63, 3.8) is 0 Å². The molecule has 1 atom stereocenters. The monoisotopic (exact) mass is 353 g/mol. The lowest BCUT2D eigenvalue weighted by atomic mass is 10.1. The molecule has 1 unspecified atom stereocenters. The van der Waals surface area contributed by atoms with Crippen LogP contribution in [0.25, 0.3) is 0 Å². The normalized spacial score (nSPS) is 19.0. The molecule has 1 amide bonds. The van der Waals surface area contributed by atoms with Gasteiger partial charge in [-0.25, -0.2) is 4.79 Å². The van der Waals surface area contributed by atoms with Crippen molar-refractivity contribution < 1.29 is 14.3 Å². The number of carbonyl (C=O) groups excluding carboxylic acids is 2. The summed E-state index contributed by atoms with van der Waals surface area (Å²) in [5, 5.41) is 0.825. The molecule has 1 aromatic rings. The maximum absolute atomic E-state index is 12.0. The maximum Gasteiger partial charge on any atom is 0.338 e. The van der Waals surface area contributed by atoms with Crippen molar-refractivity contribution in [2.45, 2.75) is 32.8 Å². The summed E-state index contributed by atoms with van der Waals surface area (Å²) in [6, 6.07) is 7.01. The molecule has 0 aromatic heterocycles. The fraction of sp³-hybridized carbons (Fsp3) is 0.500. The number of hydrogen-bond donors (Lipinski definition) is 0. The summed E-state index contributed by atoms with van der Waals surface area (Å²) in [6.07, 6.45) is 0.569. The van der Waals surface area contributed by atoms with Gasteiger partial charge in [-0.2, -0.15) is 0 Å². The van der Waals surface area contributed by atoms with Crippen LogP contribution in [-0.4, -0.2) is 29.4 Å². The molecule has 2 rings (SSSR count). The minimum absolute atomic E-state index is 0.129. The predicted molar refractivity (Wildman–Crippen MR) is 85.9 cm³/mol. The number of nitrogens with zero attached hydrogens (tertiary/aromatic N) is 1. The first-order chi connectivity index (χ1) is 9.80. The Morgan fingerprint density at radius 1 is 1.33 bits per heavy atom. The van der Waals surface area contributed by atoms with Crippen molar-refractivity contribution in [3.8, 4) is 0 Å². The van der Waals surface area contributed by atoms with E-state index >= 15 is 0 Å². The Hall–Kier alpha value is -1.36. The number of esters is 1. The lowest BCUT2D eigenvalue weighted by Crippen LogP contribution is -2.25. The van der Waals surface area contributed by atoms with Gasteiger partial charge >= 0.3 is 5.97 Å². The molecule has 21 heavy (non-hydrogen) atoms. The Balaban J connectivity index is 2.09. The van der Waals surface area contributed by atoms with Crippen LogP contribution in [0, 0.1) is 5.92 Å². The maximum atomic E-state index is 12.0.